The van der Waals surface area contributed by atoms with Crippen molar-refractivity contribution in [1.29, 1.82) is 0 Å². The molecule has 4 heteroatoms. The molecule has 0 bridgehead atoms. The second kappa shape index (κ2) is 3.79. The normalized spacial score (nSPS) is 10.0. The molecule has 0 fully saturated rings. The Labute approximate surface area is 84.1 Å². The zero-order valence-corrected chi connectivity index (χ0v) is 8.63. The van der Waals surface area contributed by atoms with Crippen LogP contribution in [0.2, 0.25) is 0 Å². The molecule has 0 amide bonds. The molecule has 0 spiro atoms. The zero-order chi connectivity index (χ0) is 10.0. The molecule has 0 aliphatic rings. The van der Waals surface area contributed by atoms with E-state index in [-0.39, 0.29) is 12.2 Å². The highest BCUT2D eigenvalue weighted by Crippen LogP contribution is 2.27. The van der Waals surface area contributed by atoms with Crippen LogP contribution in [0.25, 0.3) is 0 Å². The van der Waals surface area contributed by atoms with Crippen molar-refractivity contribution in [3.05, 3.63) is 27.7 Å². The molecule has 13 heavy (non-hydrogen) atoms. The molecule has 70 valence electrons. The van der Waals surface area contributed by atoms with E-state index in [9.17, 15) is 9.90 Å². The van der Waals surface area contributed by atoms with E-state index in [4.69, 9.17) is 5.11 Å². The van der Waals surface area contributed by atoms with Crippen LogP contribution in [0.1, 0.15) is 11.1 Å². The van der Waals surface area contributed by atoms with Crippen molar-refractivity contribution in [3.63, 3.8) is 0 Å². The minimum absolute atomic E-state index is 0.0306. The van der Waals surface area contributed by atoms with Crippen molar-refractivity contribution in [2.24, 2.45) is 0 Å². The van der Waals surface area contributed by atoms with Crippen LogP contribution in [0.5, 0.6) is 5.75 Å². The smallest absolute Gasteiger partial charge is 0.307 e. The van der Waals surface area contributed by atoms with Gasteiger partial charge in [-0.1, -0.05) is 15.9 Å². The molecule has 0 saturated carbocycles. The fourth-order valence-electron chi connectivity index (χ4n) is 1.09. The molecule has 0 heterocycles. The highest BCUT2D eigenvalue weighted by Gasteiger charge is 2.10. The Kier molecular flexibility index (Phi) is 2.93. The van der Waals surface area contributed by atoms with E-state index in [0.717, 1.165) is 10.0 Å². The molecule has 0 unspecified atom stereocenters. The minimum Gasteiger partial charge on any atom is -0.508 e. The number of rotatable bonds is 2. The van der Waals surface area contributed by atoms with E-state index in [1.165, 1.54) is 6.07 Å². The lowest BCUT2D eigenvalue weighted by Gasteiger charge is -2.07. The summed E-state index contributed by atoms with van der Waals surface area (Å²) in [5, 5.41) is 18.0. The summed E-state index contributed by atoms with van der Waals surface area (Å²) in [6.45, 7) is 1.77. The predicted molar refractivity (Wildman–Crippen MR) is 51.9 cm³/mol. The van der Waals surface area contributed by atoms with E-state index in [2.05, 4.69) is 15.9 Å². The van der Waals surface area contributed by atoms with E-state index in [1.54, 1.807) is 13.0 Å². The minimum atomic E-state index is -0.948. The first-order valence-corrected chi connectivity index (χ1v) is 4.50. The summed E-state index contributed by atoms with van der Waals surface area (Å²) in [7, 11) is 0. The molecule has 0 saturated heterocycles. The second-order valence-corrected chi connectivity index (χ2v) is 3.59. The average molecular weight is 245 g/mol. The van der Waals surface area contributed by atoms with Gasteiger partial charge in [0.25, 0.3) is 0 Å². The maximum absolute atomic E-state index is 10.5. The number of aromatic hydroxyl groups is 1. The van der Waals surface area contributed by atoms with Crippen molar-refractivity contribution < 1.29 is 15.0 Å². The molecule has 2 N–H and O–H groups in total. The van der Waals surface area contributed by atoms with Crippen LogP contribution in [-0.4, -0.2) is 16.2 Å². The van der Waals surface area contributed by atoms with Crippen LogP contribution >= 0.6 is 15.9 Å². The third-order valence-electron chi connectivity index (χ3n) is 1.84. The Hall–Kier alpha value is -1.03. The molecule has 3 nitrogen and oxygen atoms in total. The van der Waals surface area contributed by atoms with Crippen molar-refractivity contribution >= 4 is 21.9 Å². The molecule has 1 aromatic rings. The molecule has 0 radical (unpaired) electrons. The van der Waals surface area contributed by atoms with Gasteiger partial charge in [0.1, 0.15) is 5.75 Å². The lowest BCUT2D eigenvalue weighted by molar-refractivity contribution is -0.136. The number of aliphatic carboxylic acids is 1. The first kappa shape index (κ1) is 10.1. The number of halogens is 1. The summed E-state index contributed by atoms with van der Waals surface area (Å²) in [4.78, 5) is 10.5. The van der Waals surface area contributed by atoms with Gasteiger partial charge in [0.2, 0.25) is 0 Å². The Morgan fingerprint density at radius 2 is 2.15 bits per heavy atom. The van der Waals surface area contributed by atoms with Crippen molar-refractivity contribution in [2.75, 3.05) is 0 Å². The number of phenolic OH excluding ortho intramolecular Hbond substituents is 1. The highest BCUT2D eigenvalue weighted by atomic mass is 79.9. The number of hydrogen-bond acceptors (Lipinski definition) is 2. The van der Waals surface area contributed by atoms with Gasteiger partial charge < -0.3 is 10.2 Å². The van der Waals surface area contributed by atoms with Crippen LogP contribution < -0.4 is 0 Å². The summed E-state index contributed by atoms with van der Waals surface area (Å²) in [5.74, 6) is -0.917. The van der Waals surface area contributed by atoms with Gasteiger partial charge >= 0.3 is 5.97 Å². The van der Waals surface area contributed by atoms with Crippen LogP contribution in [0, 0.1) is 6.92 Å². The average Bonchev–Trinajstić information content (AvgIpc) is 2.05. The second-order valence-electron chi connectivity index (χ2n) is 2.74. The van der Waals surface area contributed by atoms with Gasteiger partial charge in [-0.25, -0.2) is 0 Å². The monoisotopic (exact) mass is 244 g/mol. The molecule has 0 aromatic heterocycles. The van der Waals surface area contributed by atoms with E-state index >= 15 is 0 Å². The van der Waals surface area contributed by atoms with Gasteiger partial charge in [-0.3, -0.25) is 4.79 Å². The lowest BCUT2D eigenvalue weighted by atomic mass is 10.0. The van der Waals surface area contributed by atoms with Crippen LogP contribution in [-0.2, 0) is 11.2 Å². The molecule has 0 aliphatic heterocycles. The molecule has 1 aromatic carbocycles. The third kappa shape index (κ3) is 2.21. The van der Waals surface area contributed by atoms with Crippen LogP contribution in [0.3, 0.4) is 0 Å². The van der Waals surface area contributed by atoms with Crippen LogP contribution in [0.15, 0.2) is 16.6 Å². The Balaban J connectivity index is 3.17. The summed E-state index contributed by atoms with van der Waals surface area (Å²) >= 11 is 3.27. The topological polar surface area (TPSA) is 57.5 Å². The quantitative estimate of drug-likeness (QED) is 0.838. The van der Waals surface area contributed by atoms with Crippen molar-refractivity contribution in [3.8, 4) is 5.75 Å². The largest absolute Gasteiger partial charge is 0.508 e. The number of carboxylic acid groups (broad SMARTS) is 1. The van der Waals surface area contributed by atoms with E-state index in [0.29, 0.717) is 5.56 Å². The first-order valence-electron chi connectivity index (χ1n) is 3.71. The number of phenols is 1. The SMILES string of the molecule is Cc1c(Br)ccc(O)c1CC(=O)O. The number of carboxylic acids is 1. The van der Waals surface area contributed by atoms with Gasteiger partial charge in [-0.2, -0.15) is 0 Å². The van der Waals surface area contributed by atoms with Crippen molar-refractivity contribution in [1.82, 2.24) is 0 Å². The van der Waals surface area contributed by atoms with Crippen LogP contribution in [0.4, 0.5) is 0 Å². The predicted octanol–water partition coefficient (Wildman–Crippen LogP) is 2.09. The molecular formula is C9H9BrO3. The molecule has 1 rings (SSSR count). The standard InChI is InChI=1S/C9H9BrO3/c1-5-6(4-9(12)13)8(11)3-2-7(5)10/h2-3,11H,4H2,1H3,(H,12,13). The highest BCUT2D eigenvalue weighted by molar-refractivity contribution is 9.10. The summed E-state index contributed by atoms with van der Waals surface area (Å²) < 4.78 is 0.807. The van der Waals surface area contributed by atoms with Gasteiger partial charge in [-0.05, 0) is 24.6 Å². The summed E-state index contributed by atoms with van der Waals surface area (Å²) in [5.41, 5.74) is 1.23. The fourth-order valence-corrected chi connectivity index (χ4v) is 1.46. The maximum atomic E-state index is 10.5. The Morgan fingerprint density at radius 3 is 2.69 bits per heavy atom. The number of carbonyl (C=O) groups is 1. The summed E-state index contributed by atoms with van der Waals surface area (Å²) in [6.07, 6.45) is -0.156. The Bertz CT molecular complexity index is 347. The summed E-state index contributed by atoms with van der Waals surface area (Å²) in [6, 6.07) is 3.17. The maximum Gasteiger partial charge on any atom is 0.307 e. The molecular weight excluding hydrogens is 236 g/mol. The molecule has 0 aliphatic carbocycles. The van der Waals surface area contributed by atoms with E-state index < -0.39 is 5.97 Å². The lowest BCUT2D eigenvalue weighted by Crippen LogP contribution is -2.02. The van der Waals surface area contributed by atoms with Crippen molar-refractivity contribution in [2.45, 2.75) is 13.3 Å². The fraction of sp³-hybridized carbons (Fsp3) is 0.222. The van der Waals surface area contributed by atoms with Gasteiger partial charge in [0.15, 0.2) is 0 Å². The van der Waals surface area contributed by atoms with Gasteiger partial charge in [-0.15, -0.1) is 0 Å². The Morgan fingerprint density at radius 1 is 1.54 bits per heavy atom. The first-order chi connectivity index (χ1) is 6.02. The third-order valence-corrected chi connectivity index (χ3v) is 2.69. The van der Waals surface area contributed by atoms with Gasteiger partial charge in [0, 0.05) is 10.0 Å². The molecule has 0 atom stereocenters. The van der Waals surface area contributed by atoms with E-state index in [1.807, 2.05) is 0 Å². The number of hydrogen-bond donors (Lipinski definition) is 2. The van der Waals surface area contributed by atoms with Gasteiger partial charge in [0.05, 0.1) is 6.42 Å². The zero-order valence-electron chi connectivity index (χ0n) is 7.04. The number of benzene rings is 1.